The highest BCUT2D eigenvalue weighted by molar-refractivity contribution is 7.99. The van der Waals surface area contributed by atoms with Crippen molar-refractivity contribution in [1.29, 1.82) is 0 Å². The minimum atomic E-state index is 0.432. The molecular formula is C13H15N3OS. The molecular weight excluding hydrogens is 246 g/mol. The number of benzene rings is 1. The fraction of sp³-hybridized carbons (Fsp3) is 0.385. The number of nitrogens with zero attached hydrogens (tertiary/aromatic N) is 2. The van der Waals surface area contributed by atoms with Gasteiger partial charge in [-0.05, 0) is 30.9 Å². The molecule has 0 unspecified atom stereocenters. The van der Waals surface area contributed by atoms with Crippen LogP contribution in [0.1, 0.15) is 18.7 Å². The summed E-state index contributed by atoms with van der Waals surface area (Å²) in [6.45, 7) is 0.432. The smallest absolute Gasteiger partial charge is 0.208 e. The maximum absolute atomic E-state index is 5.60. The topological polar surface area (TPSA) is 50.8 Å². The van der Waals surface area contributed by atoms with Gasteiger partial charge < -0.3 is 4.74 Å². The van der Waals surface area contributed by atoms with E-state index in [0.29, 0.717) is 6.61 Å². The zero-order valence-corrected chi connectivity index (χ0v) is 10.8. The first-order valence-corrected chi connectivity index (χ1v) is 7.10. The van der Waals surface area contributed by atoms with Gasteiger partial charge in [-0.25, -0.2) is 4.98 Å². The molecule has 1 aromatic carbocycles. The third kappa shape index (κ3) is 3.26. The maximum Gasteiger partial charge on any atom is 0.208 e. The molecule has 94 valence electrons. The summed E-state index contributed by atoms with van der Waals surface area (Å²) in [4.78, 5) is 4.40. The number of H-pyrrole nitrogens is 1. The third-order valence-corrected chi connectivity index (χ3v) is 3.85. The van der Waals surface area contributed by atoms with Crippen molar-refractivity contribution in [2.24, 2.45) is 5.92 Å². The molecule has 1 heterocycles. The van der Waals surface area contributed by atoms with Crippen LogP contribution in [0.2, 0.25) is 0 Å². The van der Waals surface area contributed by atoms with Crippen LogP contribution in [0.15, 0.2) is 35.5 Å². The lowest BCUT2D eigenvalue weighted by Gasteiger charge is -2.02. The summed E-state index contributed by atoms with van der Waals surface area (Å²) in [5.41, 5.74) is 0. The monoisotopic (exact) mass is 261 g/mol. The Morgan fingerprint density at radius 2 is 2.11 bits per heavy atom. The predicted octanol–water partition coefficient (Wildman–Crippen LogP) is 2.89. The second-order valence-electron chi connectivity index (χ2n) is 4.42. The molecule has 0 radical (unpaired) electrons. The van der Waals surface area contributed by atoms with Gasteiger partial charge in [0, 0.05) is 5.75 Å². The molecule has 4 nitrogen and oxygen atoms in total. The third-order valence-electron chi connectivity index (χ3n) is 2.78. The average Bonchev–Trinajstić information content (AvgIpc) is 3.14. The minimum Gasteiger partial charge on any atom is -0.486 e. The number of para-hydroxylation sites is 1. The highest BCUT2D eigenvalue weighted by atomic mass is 32.2. The molecule has 1 fully saturated rings. The van der Waals surface area contributed by atoms with E-state index in [-0.39, 0.29) is 0 Å². The van der Waals surface area contributed by atoms with Crippen LogP contribution in [0.4, 0.5) is 0 Å². The molecule has 1 saturated carbocycles. The summed E-state index contributed by atoms with van der Waals surface area (Å²) in [5.74, 6) is 3.65. The zero-order chi connectivity index (χ0) is 12.2. The maximum atomic E-state index is 5.60. The summed E-state index contributed by atoms with van der Waals surface area (Å²) < 4.78 is 5.60. The number of ether oxygens (including phenoxy) is 1. The largest absolute Gasteiger partial charge is 0.486 e. The van der Waals surface area contributed by atoms with Crippen molar-refractivity contribution >= 4 is 11.8 Å². The quantitative estimate of drug-likeness (QED) is 0.812. The van der Waals surface area contributed by atoms with Crippen molar-refractivity contribution in [2.45, 2.75) is 24.6 Å². The standard InChI is InChI=1S/C13H15N3OS/c1-2-4-11(5-3-1)17-8-12-14-13(16-15-12)18-9-10-6-7-10/h1-5,10H,6-9H2,(H,14,15,16). The highest BCUT2D eigenvalue weighted by Gasteiger charge is 2.21. The Morgan fingerprint density at radius 1 is 1.28 bits per heavy atom. The van der Waals surface area contributed by atoms with Crippen LogP contribution in [-0.2, 0) is 6.61 Å². The van der Waals surface area contributed by atoms with Gasteiger partial charge >= 0.3 is 0 Å². The number of aromatic nitrogens is 3. The van der Waals surface area contributed by atoms with Crippen LogP contribution in [0.5, 0.6) is 5.75 Å². The van der Waals surface area contributed by atoms with Gasteiger partial charge in [0.25, 0.3) is 0 Å². The molecule has 0 bridgehead atoms. The first kappa shape index (κ1) is 11.6. The average molecular weight is 261 g/mol. The fourth-order valence-corrected chi connectivity index (χ4v) is 2.56. The fourth-order valence-electron chi connectivity index (χ4n) is 1.55. The van der Waals surface area contributed by atoms with Crippen LogP contribution in [0.3, 0.4) is 0 Å². The van der Waals surface area contributed by atoms with E-state index in [1.165, 1.54) is 12.8 Å². The lowest BCUT2D eigenvalue weighted by atomic mass is 10.3. The van der Waals surface area contributed by atoms with Crippen LogP contribution in [-0.4, -0.2) is 20.9 Å². The van der Waals surface area contributed by atoms with E-state index in [0.717, 1.165) is 28.4 Å². The van der Waals surface area contributed by atoms with Crippen molar-refractivity contribution < 1.29 is 4.74 Å². The van der Waals surface area contributed by atoms with E-state index in [1.54, 1.807) is 11.8 Å². The van der Waals surface area contributed by atoms with Crippen molar-refractivity contribution in [2.75, 3.05) is 5.75 Å². The molecule has 18 heavy (non-hydrogen) atoms. The Bertz CT molecular complexity index is 496. The van der Waals surface area contributed by atoms with Gasteiger partial charge in [-0.3, -0.25) is 5.10 Å². The summed E-state index contributed by atoms with van der Waals surface area (Å²) >= 11 is 1.72. The van der Waals surface area contributed by atoms with Gasteiger partial charge in [-0.15, -0.1) is 5.10 Å². The van der Waals surface area contributed by atoms with E-state index in [2.05, 4.69) is 15.2 Å². The molecule has 0 spiro atoms. The van der Waals surface area contributed by atoms with Gasteiger partial charge in [0.1, 0.15) is 12.4 Å². The number of thioether (sulfide) groups is 1. The van der Waals surface area contributed by atoms with E-state index in [1.807, 2.05) is 30.3 Å². The Kier molecular flexibility index (Phi) is 3.50. The number of hydrogen-bond acceptors (Lipinski definition) is 4. The van der Waals surface area contributed by atoms with Crippen LogP contribution < -0.4 is 4.74 Å². The molecule has 3 rings (SSSR count). The second-order valence-corrected chi connectivity index (χ2v) is 5.41. The number of nitrogens with one attached hydrogen (secondary N) is 1. The first-order chi connectivity index (χ1) is 8.90. The molecule has 0 atom stereocenters. The predicted molar refractivity (Wildman–Crippen MR) is 70.6 cm³/mol. The molecule has 1 aromatic heterocycles. The molecule has 1 aliphatic rings. The molecule has 1 N–H and O–H groups in total. The van der Waals surface area contributed by atoms with Gasteiger partial charge in [-0.2, -0.15) is 0 Å². The SMILES string of the molecule is c1ccc(OCc2nc(SCC3CC3)n[nH]2)cc1. The van der Waals surface area contributed by atoms with Gasteiger partial charge in [0.05, 0.1) is 0 Å². The molecule has 0 amide bonds. The van der Waals surface area contributed by atoms with Crippen LogP contribution in [0.25, 0.3) is 0 Å². The molecule has 5 heteroatoms. The Morgan fingerprint density at radius 3 is 2.89 bits per heavy atom. The lowest BCUT2D eigenvalue weighted by Crippen LogP contribution is -1.97. The summed E-state index contributed by atoms with van der Waals surface area (Å²) in [7, 11) is 0. The summed E-state index contributed by atoms with van der Waals surface area (Å²) in [6.07, 6.45) is 2.72. The van der Waals surface area contributed by atoms with E-state index < -0.39 is 0 Å². The van der Waals surface area contributed by atoms with E-state index in [4.69, 9.17) is 4.74 Å². The molecule has 1 aliphatic carbocycles. The van der Waals surface area contributed by atoms with E-state index >= 15 is 0 Å². The minimum absolute atomic E-state index is 0.432. The van der Waals surface area contributed by atoms with E-state index in [9.17, 15) is 0 Å². The summed E-state index contributed by atoms with van der Waals surface area (Å²) in [6, 6.07) is 9.73. The Hall–Kier alpha value is -1.49. The number of aromatic amines is 1. The molecule has 0 aliphatic heterocycles. The molecule has 2 aromatic rings. The van der Waals surface area contributed by atoms with Gasteiger partial charge in [0.15, 0.2) is 5.82 Å². The highest BCUT2D eigenvalue weighted by Crippen LogP contribution is 2.33. The van der Waals surface area contributed by atoms with Crippen molar-refractivity contribution in [1.82, 2.24) is 15.2 Å². The van der Waals surface area contributed by atoms with Crippen molar-refractivity contribution in [3.05, 3.63) is 36.2 Å². The van der Waals surface area contributed by atoms with Crippen molar-refractivity contribution in [3.63, 3.8) is 0 Å². The Balaban J connectivity index is 1.50. The second kappa shape index (κ2) is 5.44. The number of rotatable bonds is 6. The van der Waals surface area contributed by atoms with Gasteiger partial charge in [0.2, 0.25) is 5.16 Å². The zero-order valence-electron chi connectivity index (χ0n) is 10.0. The normalized spacial score (nSPS) is 14.7. The molecule has 0 saturated heterocycles. The van der Waals surface area contributed by atoms with Gasteiger partial charge in [-0.1, -0.05) is 30.0 Å². The van der Waals surface area contributed by atoms with Crippen LogP contribution >= 0.6 is 11.8 Å². The first-order valence-electron chi connectivity index (χ1n) is 6.12. The lowest BCUT2D eigenvalue weighted by molar-refractivity contribution is 0.296. The number of hydrogen-bond donors (Lipinski definition) is 1. The Labute approximate surface area is 110 Å². The van der Waals surface area contributed by atoms with Crippen molar-refractivity contribution in [3.8, 4) is 5.75 Å². The summed E-state index contributed by atoms with van der Waals surface area (Å²) in [5, 5.41) is 7.92. The van der Waals surface area contributed by atoms with Crippen LogP contribution in [0, 0.1) is 5.92 Å².